The van der Waals surface area contributed by atoms with Gasteiger partial charge in [0.05, 0.1) is 23.6 Å². The maximum atomic E-state index is 12.8. The summed E-state index contributed by atoms with van der Waals surface area (Å²) < 4.78 is 3.26. The van der Waals surface area contributed by atoms with Gasteiger partial charge in [0.2, 0.25) is 0 Å². The van der Waals surface area contributed by atoms with Gasteiger partial charge in [0.25, 0.3) is 5.56 Å². The molecule has 3 aromatic rings. The third kappa shape index (κ3) is 2.13. The van der Waals surface area contributed by atoms with Crippen molar-refractivity contribution in [2.24, 2.45) is 0 Å². The summed E-state index contributed by atoms with van der Waals surface area (Å²) in [6, 6.07) is 6.15. The summed E-state index contributed by atoms with van der Waals surface area (Å²) in [6.45, 7) is 9.91. The van der Waals surface area contributed by atoms with Gasteiger partial charge in [-0.05, 0) is 46.2 Å². The van der Waals surface area contributed by atoms with Gasteiger partial charge in [-0.25, -0.2) is 9.36 Å². The summed E-state index contributed by atoms with van der Waals surface area (Å²) in [4.78, 5) is 12.8. The van der Waals surface area contributed by atoms with Gasteiger partial charge < -0.3 is 0 Å². The van der Waals surface area contributed by atoms with Crippen molar-refractivity contribution in [3.8, 4) is 5.69 Å². The maximum absolute atomic E-state index is 12.8. The van der Waals surface area contributed by atoms with Crippen molar-refractivity contribution in [3.63, 3.8) is 0 Å². The van der Waals surface area contributed by atoms with Crippen LogP contribution in [0, 0.1) is 20.8 Å². The van der Waals surface area contributed by atoms with Crippen molar-refractivity contribution in [1.82, 2.24) is 19.6 Å². The zero-order valence-electron chi connectivity index (χ0n) is 13.6. The fourth-order valence-electron chi connectivity index (χ4n) is 2.76. The highest BCUT2D eigenvalue weighted by Crippen LogP contribution is 2.21. The van der Waals surface area contributed by atoms with E-state index in [1.165, 1.54) is 10.2 Å². The highest BCUT2D eigenvalue weighted by atomic mass is 16.1. The zero-order chi connectivity index (χ0) is 16.0. The average Bonchev–Trinajstić information content (AvgIpc) is 2.88. The second-order valence-corrected chi connectivity index (χ2v) is 6.04. The van der Waals surface area contributed by atoms with Crippen molar-refractivity contribution in [2.75, 3.05) is 0 Å². The van der Waals surface area contributed by atoms with E-state index < -0.39 is 0 Å². The van der Waals surface area contributed by atoms with E-state index in [1.54, 1.807) is 10.9 Å². The molecule has 0 bridgehead atoms. The van der Waals surface area contributed by atoms with Crippen molar-refractivity contribution in [2.45, 2.75) is 40.7 Å². The van der Waals surface area contributed by atoms with Crippen LogP contribution in [0.3, 0.4) is 0 Å². The molecule has 2 aromatic heterocycles. The third-order valence-corrected chi connectivity index (χ3v) is 3.90. The molecule has 0 aliphatic carbocycles. The first-order valence-electron chi connectivity index (χ1n) is 7.45. The van der Waals surface area contributed by atoms with Crippen LogP contribution in [0.2, 0.25) is 0 Å². The molecule has 0 saturated carbocycles. The smallest absolute Gasteiger partial charge is 0.265 e. The van der Waals surface area contributed by atoms with Gasteiger partial charge in [0, 0.05) is 5.39 Å². The Hall–Kier alpha value is -2.43. The van der Waals surface area contributed by atoms with E-state index in [1.807, 2.05) is 39.8 Å². The first kappa shape index (κ1) is 14.5. The molecule has 0 saturated heterocycles. The second kappa shape index (κ2) is 5.09. The summed E-state index contributed by atoms with van der Waals surface area (Å²) in [7, 11) is 0. The number of hydrogen-bond acceptors (Lipinski definition) is 3. The van der Waals surface area contributed by atoms with E-state index in [-0.39, 0.29) is 11.6 Å². The number of nitrogens with zero attached hydrogens (tertiary/aromatic N) is 4. The minimum Gasteiger partial charge on any atom is -0.265 e. The molecule has 0 aliphatic heterocycles. The standard InChI is InChI=1S/C17H20N4O/c1-10(2)20-17(22)16-14(13(5)19-20)9-18-21(16)15-7-6-11(3)8-12(15)4/h6-10H,1-5H3. The monoisotopic (exact) mass is 296 g/mol. The minimum absolute atomic E-state index is 0.0121. The Kier molecular flexibility index (Phi) is 3.35. The summed E-state index contributed by atoms with van der Waals surface area (Å²) in [5.74, 6) is 0. The topological polar surface area (TPSA) is 52.7 Å². The summed E-state index contributed by atoms with van der Waals surface area (Å²) in [6.07, 6.45) is 1.73. The van der Waals surface area contributed by atoms with Crippen LogP contribution >= 0.6 is 0 Å². The Morgan fingerprint density at radius 3 is 2.50 bits per heavy atom. The number of fused-ring (bicyclic) bond motifs is 1. The Labute approximate surface area is 129 Å². The minimum atomic E-state index is -0.104. The fourth-order valence-corrected chi connectivity index (χ4v) is 2.76. The van der Waals surface area contributed by atoms with E-state index >= 15 is 0 Å². The van der Waals surface area contributed by atoms with Crippen LogP contribution in [0.5, 0.6) is 0 Å². The van der Waals surface area contributed by atoms with Gasteiger partial charge in [-0.1, -0.05) is 17.7 Å². The molecular weight excluding hydrogens is 276 g/mol. The highest BCUT2D eigenvalue weighted by Gasteiger charge is 2.17. The molecule has 0 fully saturated rings. The molecule has 0 unspecified atom stereocenters. The van der Waals surface area contributed by atoms with Gasteiger partial charge in [0.15, 0.2) is 0 Å². The van der Waals surface area contributed by atoms with E-state index in [0.717, 1.165) is 22.3 Å². The maximum Gasteiger partial charge on any atom is 0.293 e. The highest BCUT2D eigenvalue weighted by molar-refractivity contribution is 5.81. The van der Waals surface area contributed by atoms with E-state index in [2.05, 4.69) is 23.2 Å². The van der Waals surface area contributed by atoms with Gasteiger partial charge >= 0.3 is 0 Å². The Morgan fingerprint density at radius 1 is 1.14 bits per heavy atom. The molecule has 1 aromatic carbocycles. The molecule has 5 heteroatoms. The number of benzene rings is 1. The van der Waals surface area contributed by atoms with Crippen LogP contribution in [0.25, 0.3) is 16.6 Å². The molecule has 2 heterocycles. The Balaban J connectivity index is 2.39. The molecule has 0 atom stereocenters. The number of aryl methyl sites for hydroxylation is 3. The molecule has 0 radical (unpaired) electrons. The van der Waals surface area contributed by atoms with Crippen molar-refractivity contribution in [3.05, 3.63) is 51.6 Å². The van der Waals surface area contributed by atoms with E-state index in [4.69, 9.17) is 0 Å². The number of aromatic nitrogens is 4. The molecule has 114 valence electrons. The molecular formula is C17H20N4O. The van der Waals surface area contributed by atoms with Gasteiger partial charge in [-0.15, -0.1) is 0 Å². The molecule has 0 spiro atoms. The quantitative estimate of drug-likeness (QED) is 0.730. The lowest BCUT2D eigenvalue weighted by Crippen LogP contribution is -2.27. The number of hydrogen-bond donors (Lipinski definition) is 0. The van der Waals surface area contributed by atoms with E-state index in [0.29, 0.717) is 5.52 Å². The van der Waals surface area contributed by atoms with Crippen LogP contribution in [0.1, 0.15) is 36.7 Å². The normalized spacial score (nSPS) is 11.5. The van der Waals surface area contributed by atoms with Gasteiger partial charge in [0.1, 0.15) is 5.52 Å². The lowest BCUT2D eigenvalue weighted by atomic mass is 10.1. The van der Waals surface area contributed by atoms with Crippen molar-refractivity contribution >= 4 is 10.9 Å². The predicted molar refractivity (Wildman–Crippen MR) is 87.7 cm³/mol. The van der Waals surface area contributed by atoms with Gasteiger partial charge in [-0.3, -0.25) is 4.79 Å². The third-order valence-electron chi connectivity index (χ3n) is 3.90. The molecule has 5 nitrogen and oxygen atoms in total. The lowest BCUT2D eigenvalue weighted by Gasteiger charge is -2.12. The summed E-state index contributed by atoms with van der Waals surface area (Å²) >= 11 is 0. The second-order valence-electron chi connectivity index (χ2n) is 6.04. The van der Waals surface area contributed by atoms with Crippen molar-refractivity contribution < 1.29 is 0 Å². The lowest BCUT2D eigenvalue weighted by molar-refractivity contribution is 0.501. The van der Waals surface area contributed by atoms with Crippen LogP contribution in [-0.2, 0) is 0 Å². The van der Waals surface area contributed by atoms with E-state index in [9.17, 15) is 4.79 Å². The fraction of sp³-hybridized carbons (Fsp3) is 0.353. The Morgan fingerprint density at radius 2 is 1.86 bits per heavy atom. The van der Waals surface area contributed by atoms with Gasteiger partial charge in [-0.2, -0.15) is 10.2 Å². The summed E-state index contributed by atoms with van der Waals surface area (Å²) in [5.41, 5.74) is 4.52. The van der Waals surface area contributed by atoms with Crippen LogP contribution < -0.4 is 5.56 Å². The molecule has 3 rings (SSSR count). The SMILES string of the molecule is Cc1ccc(-n2ncc3c(C)nn(C(C)C)c(=O)c32)c(C)c1. The number of rotatable bonds is 2. The molecule has 0 N–H and O–H groups in total. The summed E-state index contributed by atoms with van der Waals surface area (Å²) in [5, 5.41) is 9.64. The van der Waals surface area contributed by atoms with Crippen LogP contribution in [-0.4, -0.2) is 19.6 Å². The molecule has 0 aliphatic rings. The predicted octanol–water partition coefficient (Wildman–Crippen LogP) is 3.09. The first-order chi connectivity index (χ1) is 10.4. The van der Waals surface area contributed by atoms with Crippen molar-refractivity contribution in [1.29, 1.82) is 0 Å². The largest absolute Gasteiger partial charge is 0.293 e. The molecule has 0 amide bonds. The molecule has 22 heavy (non-hydrogen) atoms. The van der Waals surface area contributed by atoms with Crippen LogP contribution in [0.15, 0.2) is 29.2 Å². The first-order valence-corrected chi connectivity index (χ1v) is 7.45. The van der Waals surface area contributed by atoms with Crippen LogP contribution in [0.4, 0.5) is 0 Å². The zero-order valence-corrected chi connectivity index (χ0v) is 13.6. The Bertz CT molecular complexity index is 918. The average molecular weight is 296 g/mol.